The molecule has 2 heterocycles. The van der Waals surface area contributed by atoms with Crippen LogP contribution in [0.25, 0.3) is 22.2 Å². The summed E-state index contributed by atoms with van der Waals surface area (Å²) in [5.74, 6) is -0.169. The van der Waals surface area contributed by atoms with Gasteiger partial charge in [-0.25, -0.2) is 4.79 Å². The van der Waals surface area contributed by atoms with Crippen molar-refractivity contribution in [3.05, 3.63) is 75.5 Å². The minimum atomic E-state index is -0.555. The van der Waals surface area contributed by atoms with Gasteiger partial charge in [0.15, 0.2) is 12.4 Å². The smallest absolute Gasteiger partial charge is 0.338 e. The van der Waals surface area contributed by atoms with Gasteiger partial charge < -0.3 is 9.26 Å². The quantitative estimate of drug-likeness (QED) is 0.345. The zero-order chi connectivity index (χ0) is 19.7. The van der Waals surface area contributed by atoms with Crippen LogP contribution in [0.15, 0.2) is 59.1 Å². The maximum atomic E-state index is 12.5. The molecular formula is C22H17NO4S. The Morgan fingerprint density at radius 3 is 2.57 bits per heavy atom. The molecule has 0 bridgehead atoms. The third kappa shape index (κ3) is 3.46. The largest absolute Gasteiger partial charge is 0.454 e. The van der Waals surface area contributed by atoms with Gasteiger partial charge in [0.25, 0.3) is 0 Å². The monoisotopic (exact) mass is 391 g/mol. The molecule has 4 aromatic rings. The van der Waals surface area contributed by atoms with Crippen molar-refractivity contribution >= 4 is 34.0 Å². The molecule has 2 aromatic heterocycles. The fourth-order valence-electron chi connectivity index (χ4n) is 3.07. The van der Waals surface area contributed by atoms with Crippen molar-refractivity contribution in [1.29, 1.82) is 0 Å². The molecule has 2 aromatic carbocycles. The van der Waals surface area contributed by atoms with Crippen molar-refractivity contribution in [2.24, 2.45) is 0 Å². The van der Waals surface area contributed by atoms with Crippen LogP contribution in [-0.4, -0.2) is 23.5 Å². The van der Waals surface area contributed by atoms with E-state index >= 15 is 0 Å². The second kappa shape index (κ2) is 7.40. The van der Waals surface area contributed by atoms with E-state index in [0.717, 1.165) is 20.7 Å². The summed E-state index contributed by atoms with van der Waals surface area (Å²) >= 11 is 1.55. The number of hydrogen-bond acceptors (Lipinski definition) is 6. The minimum Gasteiger partial charge on any atom is -0.454 e. The lowest BCUT2D eigenvalue weighted by Gasteiger charge is -2.04. The Hall–Kier alpha value is -3.25. The number of rotatable bonds is 5. The molecule has 0 atom stereocenters. The number of thiophene rings is 1. The summed E-state index contributed by atoms with van der Waals surface area (Å²) in [7, 11) is 0. The first-order valence-corrected chi connectivity index (χ1v) is 9.57. The number of carbonyl (C=O) groups excluding carboxylic acids is 2. The number of aromatic nitrogens is 1. The molecule has 6 heteroatoms. The Labute approximate surface area is 165 Å². The fourth-order valence-corrected chi connectivity index (χ4v) is 4.01. The highest BCUT2D eigenvalue weighted by molar-refractivity contribution is 7.12. The number of fused-ring (bicyclic) bond motifs is 1. The molecule has 0 aliphatic rings. The molecule has 0 aliphatic carbocycles. The second-order valence-corrected chi connectivity index (χ2v) is 7.90. The molecule has 0 saturated heterocycles. The minimum absolute atomic E-state index is 0.203. The maximum absolute atomic E-state index is 12.5. The molecule has 0 spiro atoms. The standard InChI is InChI=1S/C22H17NO4S/c1-13-10-17(14(2)28-13)20(24)12-26-22(25)16-8-9-19-18(11-16)21(27-23-19)15-6-4-3-5-7-15/h3-11H,12H2,1-2H3. The summed E-state index contributed by atoms with van der Waals surface area (Å²) in [6, 6.07) is 16.4. The number of ether oxygens (including phenoxy) is 1. The van der Waals surface area contributed by atoms with Crippen LogP contribution in [0.1, 0.15) is 30.5 Å². The first-order valence-electron chi connectivity index (χ1n) is 8.75. The Balaban J connectivity index is 1.54. The third-order valence-electron chi connectivity index (χ3n) is 4.42. The van der Waals surface area contributed by atoms with Crippen molar-refractivity contribution in [2.75, 3.05) is 6.61 Å². The third-order valence-corrected chi connectivity index (χ3v) is 5.39. The van der Waals surface area contributed by atoms with Crippen LogP contribution in [0.3, 0.4) is 0 Å². The molecule has 0 unspecified atom stereocenters. The van der Waals surface area contributed by atoms with Gasteiger partial charge in [-0.3, -0.25) is 4.79 Å². The summed E-state index contributed by atoms with van der Waals surface area (Å²) in [5, 5.41) is 4.76. The molecule has 0 radical (unpaired) electrons. The molecule has 4 rings (SSSR count). The molecule has 0 amide bonds. The highest BCUT2D eigenvalue weighted by Crippen LogP contribution is 2.29. The number of ketones is 1. The van der Waals surface area contributed by atoms with Crippen LogP contribution < -0.4 is 0 Å². The van der Waals surface area contributed by atoms with Gasteiger partial charge in [0.05, 0.1) is 10.9 Å². The van der Waals surface area contributed by atoms with E-state index in [1.54, 1.807) is 29.5 Å². The van der Waals surface area contributed by atoms with Gasteiger partial charge in [0.2, 0.25) is 5.78 Å². The van der Waals surface area contributed by atoms with Gasteiger partial charge in [-0.1, -0.05) is 35.5 Å². The van der Waals surface area contributed by atoms with E-state index in [9.17, 15) is 9.59 Å². The average Bonchev–Trinajstić information content (AvgIpc) is 3.28. The SMILES string of the molecule is Cc1cc(C(=O)COC(=O)c2ccc3noc(-c4ccccc4)c3c2)c(C)s1. The predicted octanol–water partition coefficient (Wildman–Crippen LogP) is 5.21. The lowest BCUT2D eigenvalue weighted by atomic mass is 10.1. The van der Waals surface area contributed by atoms with E-state index in [4.69, 9.17) is 9.26 Å². The van der Waals surface area contributed by atoms with Crippen LogP contribution in [0.2, 0.25) is 0 Å². The Bertz CT molecular complexity index is 1170. The van der Waals surface area contributed by atoms with Crippen molar-refractivity contribution in [1.82, 2.24) is 5.16 Å². The van der Waals surface area contributed by atoms with Crippen LogP contribution >= 0.6 is 11.3 Å². The number of Topliss-reactive ketones (excluding diaryl/α,β-unsaturated/α-hetero) is 1. The Morgan fingerprint density at radius 1 is 1.07 bits per heavy atom. The van der Waals surface area contributed by atoms with Crippen molar-refractivity contribution in [2.45, 2.75) is 13.8 Å². The second-order valence-electron chi connectivity index (χ2n) is 6.44. The van der Waals surface area contributed by atoms with Crippen molar-refractivity contribution < 1.29 is 18.8 Å². The molecule has 0 N–H and O–H groups in total. The van der Waals surface area contributed by atoms with Crippen LogP contribution in [0.5, 0.6) is 0 Å². The predicted molar refractivity (Wildman–Crippen MR) is 108 cm³/mol. The average molecular weight is 391 g/mol. The van der Waals surface area contributed by atoms with E-state index in [1.807, 2.05) is 50.2 Å². The normalized spacial score (nSPS) is 10.9. The summed E-state index contributed by atoms with van der Waals surface area (Å²) in [4.78, 5) is 26.8. The first-order chi connectivity index (χ1) is 13.5. The zero-order valence-corrected chi connectivity index (χ0v) is 16.2. The van der Waals surface area contributed by atoms with E-state index < -0.39 is 5.97 Å². The maximum Gasteiger partial charge on any atom is 0.338 e. The lowest BCUT2D eigenvalue weighted by Crippen LogP contribution is -2.14. The van der Waals surface area contributed by atoms with Crippen LogP contribution in [0, 0.1) is 13.8 Å². The van der Waals surface area contributed by atoms with E-state index in [-0.39, 0.29) is 12.4 Å². The molecular weight excluding hydrogens is 374 g/mol. The van der Waals surface area contributed by atoms with Gasteiger partial charge in [0, 0.05) is 20.9 Å². The molecule has 140 valence electrons. The summed E-state index contributed by atoms with van der Waals surface area (Å²) in [5.41, 5.74) is 2.47. The van der Waals surface area contributed by atoms with Crippen molar-refractivity contribution in [3.8, 4) is 11.3 Å². The Kier molecular flexibility index (Phi) is 4.79. The van der Waals surface area contributed by atoms with Gasteiger partial charge in [0.1, 0.15) is 5.52 Å². The number of benzene rings is 2. The number of hydrogen-bond donors (Lipinski definition) is 0. The number of aryl methyl sites for hydroxylation is 2. The van der Waals surface area contributed by atoms with Gasteiger partial charge in [-0.2, -0.15) is 0 Å². The topological polar surface area (TPSA) is 69.4 Å². The Morgan fingerprint density at radius 2 is 1.86 bits per heavy atom. The fraction of sp³-hybridized carbons (Fsp3) is 0.136. The van der Waals surface area contributed by atoms with E-state index in [0.29, 0.717) is 22.4 Å². The molecule has 28 heavy (non-hydrogen) atoms. The van der Waals surface area contributed by atoms with Crippen molar-refractivity contribution in [3.63, 3.8) is 0 Å². The molecule has 0 aliphatic heterocycles. The first kappa shape index (κ1) is 18.1. The molecule has 5 nitrogen and oxygen atoms in total. The van der Waals surface area contributed by atoms with E-state index in [1.165, 1.54) is 0 Å². The summed E-state index contributed by atoms with van der Waals surface area (Å²) in [6.45, 7) is 3.54. The summed E-state index contributed by atoms with van der Waals surface area (Å²) < 4.78 is 10.7. The highest BCUT2D eigenvalue weighted by Gasteiger charge is 2.17. The van der Waals surface area contributed by atoms with E-state index in [2.05, 4.69) is 5.16 Å². The van der Waals surface area contributed by atoms with Crippen LogP contribution in [0.4, 0.5) is 0 Å². The number of esters is 1. The zero-order valence-electron chi connectivity index (χ0n) is 15.4. The number of nitrogens with zero attached hydrogens (tertiary/aromatic N) is 1. The number of carbonyl (C=O) groups is 2. The van der Waals surface area contributed by atoms with Gasteiger partial charge in [-0.05, 0) is 38.1 Å². The summed E-state index contributed by atoms with van der Waals surface area (Å²) in [6.07, 6.45) is 0. The molecule has 0 saturated carbocycles. The lowest BCUT2D eigenvalue weighted by molar-refractivity contribution is 0.0475. The highest BCUT2D eigenvalue weighted by atomic mass is 32.1. The van der Waals surface area contributed by atoms with Gasteiger partial charge in [-0.15, -0.1) is 11.3 Å². The van der Waals surface area contributed by atoms with Gasteiger partial charge >= 0.3 is 5.97 Å². The molecule has 0 fully saturated rings. The van der Waals surface area contributed by atoms with Crippen LogP contribution in [-0.2, 0) is 4.74 Å².